The van der Waals surface area contributed by atoms with Crippen molar-refractivity contribution >= 4 is 50.7 Å². The normalized spacial score (nSPS) is 24.3. The van der Waals surface area contributed by atoms with Crippen LogP contribution in [0, 0.1) is 18.8 Å². The van der Waals surface area contributed by atoms with E-state index in [1.807, 2.05) is 24.6 Å². The van der Waals surface area contributed by atoms with Gasteiger partial charge in [0.05, 0.1) is 22.1 Å². The highest BCUT2D eigenvalue weighted by Gasteiger charge is 2.42. The number of nitrogens with one attached hydrogen (secondary N) is 1. The zero-order chi connectivity index (χ0) is 25.1. The quantitative estimate of drug-likeness (QED) is 0.330. The van der Waals surface area contributed by atoms with Crippen molar-refractivity contribution in [3.8, 4) is 5.82 Å². The number of piperidine rings is 1. The Labute approximate surface area is 224 Å². The molecule has 3 N–H and O–H groups in total. The van der Waals surface area contributed by atoms with Crippen LogP contribution in [0.1, 0.15) is 55.7 Å². The molecule has 1 saturated heterocycles. The van der Waals surface area contributed by atoms with Crippen LogP contribution in [0.2, 0.25) is 5.28 Å². The molecule has 4 aromatic rings. The first-order valence-corrected chi connectivity index (χ1v) is 14.4. The number of nitrogens with two attached hydrogens (primary N) is 1. The van der Waals surface area contributed by atoms with Crippen molar-refractivity contribution in [2.75, 3.05) is 24.1 Å². The van der Waals surface area contributed by atoms with Crippen molar-refractivity contribution in [2.24, 2.45) is 11.8 Å². The van der Waals surface area contributed by atoms with Gasteiger partial charge in [-0.15, -0.1) is 16.4 Å². The Bertz CT molecular complexity index is 1440. The first kappa shape index (κ1) is 23.3. The molecule has 11 heteroatoms. The summed E-state index contributed by atoms with van der Waals surface area (Å²) in [5.41, 5.74) is 10.0. The number of nitrogen functional groups attached to an aromatic ring is 1. The van der Waals surface area contributed by atoms with Crippen LogP contribution in [-0.2, 0) is 0 Å². The summed E-state index contributed by atoms with van der Waals surface area (Å²) in [4.78, 5) is 20.7. The van der Waals surface area contributed by atoms with E-state index >= 15 is 0 Å². The van der Waals surface area contributed by atoms with Crippen LogP contribution in [-0.4, -0.2) is 53.7 Å². The molecule has 2 bridgehead atoms. The number of fused-ring (bicyclic) bond motifs is 3. The number of hydrogen-bond acceptors (Lipinski definition) is 9. The van der Waals surface area contributed by atoms with Gasteiger partial charge in [-0.2, -0.15) is 14.6 Å². The molecule has 4 aromatic heterocycles. The highest BCUT2D eigenvalue weighted by atomic mass is 35.5. The molecule has 37 heavy (non-hydrogen) atoms. The number of nitrogens with zero attached hydrogens (tertiary/aromatic N) is 7. The van der Waals surface area contributed by atoms with Gasteiger partial charge in [0, 0.05) is 17.7 Å². The van der Waals surface area contributed by atoms with Crippen LogP contribution >= 0.6 is 22.9 Å². The maximum Gasteiger partial charge on any atom is 0.248 e. The van der Waals surface area contributed by atoms with E-state index in [4.69, 9.17) is 22.3 Å². The number of halogens is 1. The molecule has 0 aromatic carbocycles. The van der Waals surface area contributed by atoms with Crippen molar-refractivity contribution < 1.29 is 0 Å². The zero-order valence-electron chi connectivity index (χ0n) is 20.8. The summed E-state index contributed by atoms with van der Waals surface area (Å²) < 4.78 is 2.36. The van der Waals surface area contributed by atoms with E-state index in [0.29, 0.717) is 17.7 Å². The molecule has 0 amide bonds. The van der Waals surface area contributed by atoms with Crippen LogP contribution < -0.4 is 11.1 Å². The molecule has 5 heterocycles. The Balaban J connectivity index is 1.03. The third-order valence-electron chi connectivity index (χ3n) is 8.54. The van der Waals surface area contributed by atoms with E-state index in [1.54, 1.807) is 0 Å². The first-order valence-electron chi connectivity index (χ1n) is 13.1. The van der Waals surface area contributed by atoms with E-state index < -0.39 is 0 Å². The number of rotatable bonds is 5. The average molecular weight is 536 g/mol. The molecule has 3 atom stereocenters. The molecular formula is C26H30ClN9S. The largest absolute Gasteiger partial charge is 0.368 e. The molecule has 3 aliphatic rings. The Morgan fingerprint density at radius 2 is 1.95 bits per heavy atom. The molecule has 2 aliphatic carbocycles. The minimum Gasteiger partial charge on any atom is -0.368 e. The van der Waals surface area contributed by atoms with E-state index in [2.05, 4.69) is 36.3 Å². The summed E-state index contributed by atoms with van der Waals surface area (Å²) in [5, 5.41) is 9.93. The predicted molar refractivity (Wildman–Crippen MR) is 147 cm³/mol. The molecule has 9 nitrogen and oxygen atoms in total. The monoisotopic (exact) mass is 535 g/mol. The summed E-state index contributed by atoms with van der Waals surface area (Å²) in [6.07, 6.45) is 10.1. The fourth-order valence-electron chi connectivity index (χ4n) is 6.70. The van der Waals surface area contributed by atoms with Gasteiger partial charge < -0.3 is 16.0 Å². The maximum atomic E-state index is 6.20. The second kappa shape index (κ2) is 9.18. The van der Waals surface area contributed by atoms with E-state index in [9.17, 15) is 0 Å². The second-order valence-corrected chi connectivity index (χ2v) is 12.0. The lowest BCUT2D eigenvalue weighted by molar-refractivity contribution is 0.110. The minimum atomic E-state index is 0.148. The Hall–Kier alpha value is -2.82. The van der Waals surface area contributed by atoms with E-state index in [-0.39, 0.29) is 11.2 Å². The number of aryl methyl sites for hydroxylation is 1. The summed E-state index contributed by atoms with van der Waals surface area (Å²) in [7, 11) is 0. The van der Waals surface area contributed by atoms with Crippen molar-refractivity contribution in [1.82, 2.24) is 34.6 Å². The van der Waals surface area contributed by atoms with E-state index in [0.717, 1.165) is 39.3 Å². The molecule has 3 fully saturated rings. The first-order chi connectivity index (χ1) is 18.0. The second-order valence-electron chi connectivity index (χ2n) is 10.8. The molecule has 1 aliphatic heterocycles. The summed E-state index contributed by atoms with van der Waals surface area (Å²) >= 11 is 7.71. The van der Waals surface area contributed by atoms with Gasteiger partial charge in [-0.3, -0.25) is 4.98 Å². The Morgan fingerprint density at radius 1 is 1.08 bits per heavy atom. The minimum absolute atomic E-state index is 0.148. The van der Waals surface area contributed by atoms with Crippen LogP contribution in [0.4, 0.5) is 17.6 Å². The molecule has 7 rings (SSSR count). The number of thiophene rings is 1. The SMILES string of the molecule is Cc1csc2c(-n3nc(Nc4ccc(C5CCN(C6CC7CCC6C7)CC5)nc4)nc3N)nc(Cl)nc12. The topological polar surface area (TPSA) is 111 Å². The lowest BCUT2D eigenvalue weighted by atomic mass is 9.88. The van der Waals surface area contributed by atoms with Crippen molar-refractivity contribution in [3.63, 3.8) is 0 Å². The van der Waals surface area contributed by atoms with Gasteiger partial charge in [-0.05, 0) is 98.6 Å². The molecular weight excluding hydrogens is 506 g/mol. The summed E-state index contributed by atoms with van der Waals surface area (Å²) in [6.45, 7) is 4.39. The van der Waals surface area contributed by atoms with Crippen LogP contribution in [0.15, 0.2) is 23.7 Å². The Morgan fingerprint density at radius 3 is 2.68 bits per heavy atom. The number of anilines is 3. The van der Waals surface area contributed by atoms with Crippen molar-refractivity contribution in [2.45, 2.75) is 57.4 Å². The predicted octanol–water partition coefficient (Wildman–Crippen LogP) is 5.32. The summed E-state index contributed by atoms with van der Waals surface area (Å²) in [5.74, 6) is 3.61. The number of aromatic nitrogens is 6. The molecule has 0 radical (unpaired) electrons. The third-order valence-corrected chi connectivity index (χ3v) is 9.79. The van der Waals surface area contributed by atoms with Crippen molar-refractivity contribution in [1.29, 1.82) is 0 Å². The molecule has 0 spiro atoms. The van der Waals surface area contributed by atoms with Crippen LogP contribution in [0.25, 0.3) is 16.0 Å². The van der Waals surface area contributed by atoms with Gasteiger partial charge in [0.1, 0.15) is 0 Å². The van der Waals surface area contributed by atoms with Crippen LogP contribution in [0.5, 0.6) is 0 Å². The highest BCUT2D eigenvalue weighted by Crippen LogP contribution is 2.47. The number of pyridine rings is 1. The van der Waals surface area contributed by atoms with Gasteiger partial charge >= 0.3 is 0 Å². The van der Waals surface area contributed by atoms with Crippen molar-refractivity contribution in [3.05, 3.63) is 40.3 Å². The van der Waals surface area contributed by atoms with Gasteiger partial charge in [-0.1, -0.05) is 6.42 Å². The maximum absolute atomic E-state index is 6.20. The molecule has 3 unspecified atom stereocenters. The lowest BCUT2D eigenvalue weighted by Gasteiger charge is -2.39. The molecule has 2 saturated carbocycles. The lowest BCUT2D eigenvalue weighted by Crippen LogP contribution is -2.43. The van der Waals surface area contributed by atoms with Gasteiger partial charge in [0.15, 0.2) is 5.82 Å². The van der Waals surface area contributed by atoms with Gasteiger partial charge in [0.2, 0.25) is 17.2 Å². The number of likely N-dealkylation sites (tertiary alicyclic amines) is 1. The standard InChI is InChI=1S/C26H30ClN9S/c1-14-13-37-22-21(14)31-24(27)32-23(22)36-25(28)33-26(34-36)30-18-4-5-19(29-12-18)16-6-8-35(9-7-16)20-11-15-2-3-17(20)10-15/h4-5,12-13,15-17,20H,2-3,6-11H2,1H3,(H3,28,30,33,34). The van der Waals surface area contributed by atoms with E-state index in [1.165, 1.54) is 73.3 Å². The fraction of sp³-hybridized carbons (Fsp3) is 0.500. The summed E-state index contributed by atoms with van der Waals surface area (Å²) in [6, 6.07) is 5.02. The third kappa shape index (κ3) is 4.24. The number of hydrogen-bond donors (Lipinski definition) is 2. The molecule has 192 valence electrons. The fourth-order valence-corrected chi connectivity index (χ4v) is 7.83. The Kier molecular flexibility index (Phi) is 5.78. The van der Waals surface area contributed by atoms with Gasteiger partial charge in [-0.25, -0.2) is 4.98 Å². The highest BCUT2D eigenvalue weighted by molar-refractivity contribution is 7.17. The average Bonchev–Trinajstić information content (AvgIpc) is 3.70. The van der Waals surface area contributed by atoms with Gasteiger partial charge in [0.25, 0.3) is 0 Å². The smallest absolute Gasteiger partial charge is 0.248 e. The van der Waals surface area contributed by atoms with Crippen LogP contribution in [0.3, 0.4) is 0 Å². The zero-order valence-corrected chi connectivity index (χ0v) is 22.3.